The number of nitrogen functional groups attached to an aromatic ring is 1. The molecule has 1 aromatic carbocycles. The minimum atomic E-state index is 0.0499. The lowest BCUT2D eigenvalue weighted by atomic mass is 10.1. The van der Waals surface area contributed by atoms with E-state index >= 15 is 0 Å². The molecule has 0 radical (unpaired) electrons. The zero-order chi connectivity index (χ0) is 13.8. The van der Waals surface area contributed by atoms with Crippen molar-refractivity contribution in [2.45, 2.75) is 30.6 Å². The lowest BCUT2D eigenvalue weighted by Gasteiger charge is -2.15. The predicted octanol–water partition coefficient (Wildman–Crippen LogP) is 3.25. The first kappa shape index (κ1) is 14.3. The fourth-order valence-corrected chi connectivity index (χ4v) is 3.74. The van der Waals surface area contributed by atoms with Crippen LogP contribution in [-0.2, 0) is 0 Å². The lowest BCUT2D eigenvalue weighted by molar-refractivity contribution is 0.0824. The number of carbonyl (C=O) groups excluding carboxylic acids is 1. The van der Waals surface area contributed by atoms with Gasteiger partial charge in [0.2, 0.25) is 0 Å². The molecule has 104 valence electrons. The average Bonchev–Trinajstić information content (AvgIpc) is 2.88. The van der Waals surface area contributed by atoms with Crippen LogP contribution in [0.25, 0.3) is 0 Å². The van der Waals surface area contributed by atoms with Crippen LogP contribution in [0, 0.1) is 5.92 Å². The Bertz CT molecular complexity index is 453. The largest absolute Gasteiger partial charge is 0.399 e. The highest BCUT2D eigenvalue weighted by atomic mass is 32.2. The van der Waals surface area contributed by atoms with Crippen molar-refractivity contribution >= 4 is 23.4 Å². The number of hydrogen-bond donors (Lipinski definition) is 1. The number of hydrogen-bond acceptors (Lipinski definition) is 3. The van der Waals surface area contributed by atoms with E-state index in [4.69, 9.17) is 5.73 Å². The molecule has 1 aliphatic rings. The number of nitrogens with zero attached hydrogens (tertiary/aromatic N) is 1. The zero-order valence-electron chi connectivity index (χ0n) is 11.7. The number of carbonyl (C=O) groups is 1. The highest BCUT2D eigenvalue weighted by molar-refractivity contribution is 7.99. The Balaban J connectivity index is 2.12. The third-order valence-corrected chi connectivity index (χ3v) is 4.88. The maximum absolute atomic E-state index is 12.1. The van der Waals surface area contributed by atoms with Crippen LogP contribution >= 0.6 is 11.8 Å². The van der Waals surface area contributed by atoms with Crippen LogP contribution in [0.5, 0.6) is 0 Å². The van der Waals surface area contributed by atoms with Crippen LogP contribution in [0.1, 0.15) is 36.0 Å². The molecule has 0 atom stereocenters. The Morgan fingerprint density at radius 3 is 2.68 bits per heavy atom. The van der Waals surface area contributed by atoms with Gasteiger partial charge in [-0.3, -0.25) is 4.79 Å². The van der Waals surface area contributed by atoms with Crippen LogP contribution < -0.4 is 5.73 Å². The van der Waals surface area contributed by atoms with Gasteiger partial charge in [-0.1, -0.05) is 12.8 Å². The van der Waals surface area contributed by atoms with E-state index in [-0.39, 0.29) is 5.91 Å². The Kier molecular flexibility index (Phi) is 4.75. The van der Waals surface area contributed by atoms with Gasteiger partial charge in [-0.25, -0.2) is 0 Å². The van der Waals surface area contributed by atoms with Gasteiger partial charge in [0.25, 0.3) is 5.91 Å². The molecule has 19 heavy (non-hydrogen) atoms. The van der Waals surface area contributed by atoms with Gasteiger partial charge in [0.15, 0.2) is 0 Å². The highest BCUT2D eigenvalue weighted by Gasteiger charge is 2.18. The van der Waals surface area contributed by atoms with E-state index in [1.165, 1.54) is 25.7 Å². The molecular weight excluding hydrogens is 256 g/mol. The summed E-state index contributed by atoms with van der Waals surface area (Å²) in [5.41, 5.74) is 7.34. The molecule has 1 saturated carbocycles. The summed E-state index contributed by atoms with van der Waals surface area (Å²) in [6.07, 6.45) is 5.36. The van der Waals surface area contributed by atoms with Gasteiger partial charge >= 0.3 is 0 Å². The van der Waals surface area contributed by atoms with Gasteiger partial charge < -0.3 is 10.6 Å². The summed E-state index contributed by atoms with van der Waals surface area (Å²) in [6, 6.07) is 5.57. The Hall–Kier alpha value is -1.16. The number of benzene rings is 1. The first-order chi connectivity index (χ1) is 9.08. The summed E-state index contributed by atoms with van der Waals surface area (Å²) in [4.78, 5) is 14.8. The Morgan fingerprint density at radius 2 is 2.05 bits per heavy atom. The van der Waals surface area contributed by atoms with E-state index in [0.717, 1.165) is 27.8 Å². The molecule has 0 heterocycles. The number of anilines is 1. The molecule has 3 nitrogen and oxygen atoms in total. The molecule has 2 N–H and O–H groups in total. The van der Waals surface area contributed by atoms with Gasteiger partial charge in [-0.2, -0.15) is 0 Å². The second kappa shape index (κ2) is 6.33. The van der Waals surface area contributed by atoms with E-state index in [1.807, 2.05) is 12.1 Å². The van der Waals surface area contributed by atoms with Gasteiger partial charge in [0.05, 0.1) is 5.56 Å². The predicted molar refractivity (Wildman–Crippen MR) is 81.6 cm³/mol. The molecule has 0 aliphatic heterocycles. The van der Waals surface area contributed by atoms with Crippen LogP contribution in [0.3, 0.4) is 0 Å². The van der Waals surface area contributed by atoms with Gasteiger partial charge in [-0.15, -0.1) is 11.8 Å². The van der Waals surface area contributed by atoms with Crippen molar-refractivity contribution in [3.05, 3.63) is 23.8 Å². The van der Waals surface area contributed by atoms with Crippen molar-refractivity contribution in [1.29, 1.82) is 0 Å². The van der Waals surface area contributed by atoms with Gasteiger partial charge in [-0.05, 0) is 37.0 Å². The minimum absolute atomic E-state index is 0.0499. The molecular formula is C15H22N2OS. The van der Waals surface area contributed by atoms with Crippen LogP contribution in [0.2, 0.25) is 0 Å². The second-order valence-electron chi connectivity index (χ2n) is 5.42. The van der Waals surface area contributed by atoms with Crippen molar-refractivity contribution in [2.75, 3.05) is 25.6 Å². The Morgan fingerprint density at radius 1 is 1.37 bits per heavy atom. The summed E-state index contributed by atoms with van der Waals surface area (Å²) in [7, 11) is 3.56. The minimum Gasteiger partial charge on any atom is -0.399 e. The van der Waals surface area contributed by atoms with Crippen molar-refractivity contribution in [3.63, 3.8) is 0 Å². The Labute approximate surface area is 119 Å². The fraction of sp³-hybridized carbons (Fsp3) is 0.533. The van der Waals surface area contributed by atoms with Crippen molar-refractivity contribution in [2.24, 2.45) is 5.92 Å². The molecule has 0 spiro atoms. The standard InChI is InChI=1S/C15H22N2OS/c1-17(2)15(18)13-8-7-12(16)9-14(13)19-10-11-5-3-4-6-11/h7-9,11H,3-6,10,16H2,1-2H3. The van der Waals surface area contributed by atoms with Crippen LogP contribution in [0.4, 0.5) is 5.69 Å². The monoisotopic (exact) mass is 278 g/mol. The number of rotatable bonds is 4. The maximum atomic E-state index is 12.1. The summed E-state index contributed by atoms with van der Waals surface area (Å²) in [6.45, 7) is 0. The first-order valence-electron chi connectivity index (χ1n) is 6.82. The molecule has 4 heteroatoms. The van der Waals surface area contributed by atoms with Crippen molar-refractivity contribution in [3.8, 4) is 0 Å². The summed E-state index contributed by atoms with van der Waals surface area (Å²) in [5.74, 6) is 1.94. The lowest BCUT2D eigenvalue weighted by Crippen LogP contribution is -2.22. The fourth-order valence-electron chi connectivity index (χ4n) is 2.46. The SMILES string of the molecule is CN(C)C(=O)c1ccc(N)cc1SCC1CCCC1. The van der Waals surface area contributed by atoms with E-state index in [9.17, 15) is 4.79 Å². The van der Waals surface area contributed by atoms with Crippen LogP contribution in [-0.4, -0.2) is 30.7 Å². The number of amides is 1. The van der Waals surface area contributed by atoms with Crippen molar-refractivity contribution in [1.82, 2.24) is 4.90 Å². The molecule has 0 bridgehead atoms. The molecule has 1 aromatic rings. The molecule has 0 saturated heterocycles. The topological polar surface area (TPSA) is 46.3 Å². The molecule has 1 amide bonds. The first-order valence-corrected chi connectivity index (χ1v) is 7.80. The highest BCUT2D eigenvalue weighted by Crippen LogP contribution is 2.33. The third kappa shape index (κ3) is 3.66. The number of thioether (sulfide) groups is 1. The molecule has 2 rings (SSSR count). The molecule has 1 aliphatic carbocycles. The van der Waals surface area contributed by atoms with E-state index in [0.29, 0.717) is 0 Å². The third-order valence-electron chi connectivity index (χ3n) is 3.59. The quantitative estimate of drug-likeness (QED) is 0.679. The van der Waals surface area contributed by atoms with Crippen LogP contribution in [0.15, 0.2) is 23.1 Å². The van der Waals surface area contributed by atoms with Gasteiger partial charge in [0.1, 0.15) is 0 Å². The summed E-state index contributed by atoms with van der Waals surface area (Å²) in [5, 5.41) is 0. The second-order valence-corrected chi connectivity index (χ2v) is 6.48. The number of nitrogens with two attached hydrogens (primary N) is 1. The normalized spacial score (nSPS) is 15.7. The van der Waals surface area contributed by atoms with Crippen molar-refractivity contribution < 1.29 is 4.79 Å². The molecule has 0 unspecified atom stereocenters. The van der Waals surface area contributed by atoms with E-state index < -0.39 is 0 Å². The smallest absolute Gasteiger partial charge is 0.254 e. The average molecular weight is 278 g/mol. The van der Waals surface area contributed by atoms with E-state index in [2.05, 4.69) is 0 Å². The molecule has 0 aromatic heterocycles. The molecule has 1 fully saturated rings. The zero-order valence-corrected chi connectivity index (χ0v) is 12.5. The summed E-state index contributed by atoms with van der Waals surface area (Å²) >= 11 is 1.78. The van der Waals surface area contributed by atoms with E-state index in [1.54, 1.807) is 36.8 Å². The summed E-state index contributed by atoms with van der Waals surface area (Å²) < 4.78 is 0. The van der Waals surface area contributed by atoms with Gasteiger partial charge in [0, 0.05) is 30.4 Å². The maximum Gasteiger partial charge on any atom is 0.254 e.